The topological polar surface area (TPSA) is 59.4 Å². The van der Waals surface area contributed by atoms with Gasteiger partial charge < -0.3 is 9.84 Å². The number of esters is 1. The molecule has 180 valence electrons. The molecule has 0 bridgehead atoms. The molecular formula is C28H45NO3. The van der Waals surface area contributed by atoms with Crippen molar-refractivity contribution in [2.45, 2.75) is 81.9 Å². The summed E-state index contributed by atoms with van der Waals surface area (Å²) >= 11 is 0. The van der Waals surface area contributed by atoms with Crippen molar-refractivity contribution in [2.75, 3.05) is 0 Å². The molecule has 3 rings (SSSR count). The molecule has 0 saturated carbocycles. The minimum absolute atomic E-state index is 0. The third-order valence-electron chi connectivity index (χ3n) is 4.33. The van der Waals surface area contributed by atoms with E-state index in [4.69, 9.17) is 4.74 Å². The Hall–Kier alpha value is -2.72. The third kappa shape index (κ3) is 9.19. The summed E-state index contributed by atoms with van der Waals surface area (Å²) < 4.78 is 5.28. The predicted molar refractivity (Wildman–Crippen MR) is 142 cm³/mol. The van der Waals surface area contributed by atoms with Gasteiger partial charge in [-0.3, -0.25) is 9.78 Å². The minimum atomic E-state index is -0.646. The van der Waals surface area contributed by atoms with Gasteiger partial charge >= 0.3 is 5.97 Å². The number of cyclic esters (lactones) is 1. The second-order valence-corrected chi connectivity index (χ2v) is 6.15. The second-order valence-electron chi connectivity index (χ2n) is 6.15. The van der Waals surface area contributed by atoms with Gasteiger partial charge in [-0.25, -0.2) is 0 Å². The molecule has 2 unspecified atom stereocenters. The summed E-state index contributed by atoms with van der Waals surface area (Å²) in [5.41, 5.74) is 4.99. The molecule has 2 heterocycles. The fourth-order valence-electron chi connectivity index (χ4n) is 3.10. The number of hydrogen-bond acceptors (Lipinski definition) is 4. The number of ether oxygens (including phenoxy) is 1. The molecular weight excluding hydrogens is 398 g/mol. The highest BCUT2D eigenvalue weighted by Gasteiger charge is 2.25. The molecule has 32 heavy (non-hydrogen) atoms. The Morgan fingerprint density at radius 2 is 1.69 bits per heavy atom. The molecule has 1 aliphatic heterocycles. The van der Waals surface area contributed by atoms with Crippen LogP contribution in [0.1, 0.15) is 79.6 Å². The van der Waals surface area contributed by atoms with E-state index in [9.17, 15) is 9.90 Å². The van der Waals surface area contributed by atoms with Crippen molar-refractivity contribution in [3.63, 3.8) is 0 Å². The first-order valence-electron chi connectivity index (χ1n) is 10.3. The maximum absolute atomic E-state index is 11.5. The number of benzene rings is 1. The SMILES string of the molecule is C.C.C.C=Cc1ncc(/C=C/C2CC(O)CC(=O)O2)c(-c2ccccc2)c1C.CC.CC. The molecule has 1 aromatic heterocycles. The molecule has 1 aliphatic rings. The molecule has 1 fully saturated rings. The summed E-state index contributed by atoms with van der Waals surface area (Å²) in [5.74, 6) is -0.368. The first kappa shape index (κ1) is 33.9. The number of nitrogens with zero attached hydrogens (tertiary/aromatic N) is 1. The lowest BCUT2D eigenvalue weighted by molar-refractivity contribution is -0.156. The first-order valence-corrected chi connectivity index (χ1v) is 10.3. The normalized spacial score (nSPS) is 16.4. The number of aromatic nitrogens is 1. The fourth-order valence-corrected chi connectivity index (χ4v) is 3.10. The Balaban J connectivity index is -0.00000114. The Morgan fingerprint density at radius 1 is 1.09 bits per heavy atom. The van der Waals surface area contributed by atoms with Gasteiger partial charge in [0.05, 0.1) is 18.2 Å². The van der Waals surface area contributed by atoms with Crippen LogP contribution in [0.4, 0.5) is 0 Å². The highest BCUT2D eigenvalue weighted by molar-refractivity contribution is 5.80. The molecule has 0 radical (unpaired) electrons. The quantitative estimate of drug-likeness (QED) is 0.491. The van der Waals surface area contributed by atoms with Crippen molar-refractivity contribution in [2.24, 2.45) is 0 Å². The zero-order valence-corrected chi connectivity index (χ0v) is 18.2. The van der Waals surface area contributed by atoms with Crippen molar-refractivity contribution in [1.82, 2.24) is 4.98 Å². The maximum atomic E-state index is 11.5. The monoisotopic (exact) mass is 443 g/mol. The number of carbonyl (C=O) groups excluding carboxylic acids is 1. The molecule has 2 aromatic rings. The van der Waals surface area contributed by atoms with Crippen LogP contribution in [-0.4, -0.2) is 28.3 Å². The summed E-state index contributed by atoms with van der Waals surface area (Å²) in [6.07, 6.45) is 6.68. The zero-order chi connectivity index (χ0) is 21.8. The lowest BCUT2D eigenvalue weighted by Crippen LogP contribution is -2.31. The van der Waals surface area contributed by atoms with Crippen molar-refractivity contribution >= 4 is 18.1 Å². The smallest absolute Gasteiger partial charge is 0.309 e. The standard InChI is InChI=1S/C21H21NO3.2C2H6.3CH4/c1-3-19-14(2)21(15-7-5-4-6-8-15)16(13-22-19)9-10-18-11-17(23)12-20(24)25-18;2*1-2;;;/h3-10,13,17-18,23H,1,11-12H2,2H3;2*1-2H3;3*1H4/b10-9+;;;;;. The van der Waals surface area contributed by atoms with Gasteiger partial charge in [0.25, 0.3) is 0 Å². The fraction of sp³-hybridized carbons (Fsp3) is 0.429. The number of aliphatic hydroxyl groups is 1. The van der Waals surface area contributed by atoms with E-state index in [2.05, 4.69) is 23.7 Å². The van der Waals surface area contributed by atoms with Crippen molar-refractivity contribution in [3.05, 3.63) is 66.0 Å². The molecule has 4 nitrogen and oxygen atoms in total. The van der Waals surface area contributed by atoms with Crippen molar-refractivity contribution in [1.29, 1.82) is 0 Å². The second kappa shape index (κ2) is 17.9. The lowest BCUT2D eigenvalue weighted by Gasteiger charge is -2.23. The molecule has 1 aromatic carbocycles. The van der Waals surface area contributed by atoms with Gasteiger partial charge in [-0.2, -0.15) is 0 Å². The van der Waals surface area contributed by atoms with Crippen LogP contribution in [0.5, 0.6) is 0 Å². The number of pyridine rings is 1. The largest absolute Gasteiger partial charge is 0.458 e. The minimum Gasteiger partial charge on any atom is -0.458 e. The van der Waals surface area contributed by atoms with Gasteiger partial charge in [0.15, 0.2) is 0 Å². The van der Waals surface area contributed by atoms with Gasteiger partial charge in [0.1, 0.15) is 6.10 Å². The molecule has 2 atom stereocenters. The van der Waals surface area contributed by atoms with E-state index in [1.807, 2.05) is 65.0 Å². The van der Waals surface area contributed by atoms with Crippen LogP contribution in [-0.2, 0) is 9.53 Å². The van der Waals surface area contributed by atoms with E-state index < -0.39 is 12.2 Å². The van der Waals surface area contributed by atoms with Crippen LogP contribution in [0, 0.1) is 6.92 Å². The average Bonchev–Trinajstić information content (AvgIpc) is 2.75. The van der Waals surface area contributed by atoms with Crippen molar-refractivity contribution in [3.8, 4) is 11.1 Å². The van der Waals surface area contributed by atoms with Crippen molar-refractivity contribution < 1.29 is 14.6 Å². The lowest BCUT2D eigenvalue weighted by atomic mass is 9.94. The number of aliphatic hydroxyl groups excluding tert-OH is 1. The van der Waals surface area contributed by atoms with E-state index in [1.165, 1.54) is 0 Å². The first-order chi connectivity index (χ1) is 14.1. The van der Waals surface area contributed by atoms with Crippen LogP contribution < -0.4 is 0 Å². The van der Waals surface area contributed by atoms with Crippen LogP contribution in [0.25, 0.3) is 23.3 Å². The zero-order valence-electron chi connectivity index (χ0n) is 18.2. The highest BCUT2D eigenvalue weighted by atomic mass is 16.5. The van der Waals surface area contributed by atoms with E-state index in [1.54, 1.807) is 12.3 Å². The summed E-state index contributed by atoms with van der Waals surface area (Å²) in [6.45, 7) is 13.8. The number of rotatable bonds is 4. The van der Waals surface area contributed by atoms with Crippen LogP contribution in [0.3, 0.4) is 0 Å². The Labute approximate surface area is 197 Å². The average molecular weight is 444 g/mol. The predicted octanol–water partition coefficient (Wildman–Crippen LogP) is 7.74. The van der Waals surface area contributed by atoms with Crippen LogP contribution >= 0.6 is 0 Å². The summed E-state index contributed by atoms with van der Waals surface area (Å²) in [7, 11) is 0. The summed E-state index contributed by atoms with van der Waals surface area (Å²) in [4.78, 5) is 15.9. The van der Waals surface area contributed by atoms with E-state index in [0.717, 1.165) is 27.9 Å². The highest BCUT2D eigenvalue weighted by Crippen LogP contribution is 2.30. The molecule has 1 saturated heterocycles. The van der Waals surface area contributed by atoms with Gasteiger partial charge in [-0.15, -0.1) is 0 Å². The van der Waals surface area contributed by atoms with Crippen LogP contribution in [0.2, 0.25) is 0 Å². The molecule has 4 heteroatoms. The summed E-state index contributed by atoms with van der Waals surface area (Å²) in [6, 6.07) is 10.1. The van der Waals surface area contributed by atoms with E-state index >= 15 is 0 Å². The Kier molecular flexibility index (Phi) is 19.0. The van der Waals surface area contributed by atoms with Gasteiger partial charge in [-0.1, -0.05) is 93.0 Å². The number of carbonyl (C=O) groups is 1. The maximum Gasteiger partial charge on any atom is 0.309 e. The third-order valence-corrected chi connectivity index (χ3v) is 4.33. The molecule has 1 N–H and O–H groups in total. The summed E-state index contributed by atoms with van der Waals surface area (Å²) in [5, 5.41) is 9.73. The van der Waals surface area contributed by atoms with Crippen LogP contribution in [0.15, 0.2) is 49.2 Å². The molecule has 0 amide bonds. The van der Waals surface area contributed by atoms with Gasteiger partial charge in [-0.05, 0) is 35.8 Å². The van der Waals surface area contributed by atoms with Gasteiger partial charge in [0.2, 0.25) is 0 Å². The number of hydrogen-bond donors (Lipinski definition) is 1. The molecule has 0 spiro atoms. The Bertz CT molecular complexity index is 813. The molecule has 0 aliphatic carbocycles. The van der Waals surface area contributed by atoms with E-state index in [-0.39, 0.29) is 34.7 Å². The van der Waals surface area contributed by atoms with Gasteiger partial charge in [0, 0.05) is 18.2 Å². The van der Waals surface area contributed by atoms with E-state index in [0.29, 0.717) is 6.42 Å². The Morgan fingerprint density at radius 3 is 2.22 bits per heavy atom.